The van der Waals surface area contributed by atoms with Crippen molar-refractivity contribution in [2.45, 2.75) is 6.54 Å². The zero-order chi connectivity index (χ0) is 16.8. The molecule has 0 radical (unpaired) electrons. The summed E-state index contributed by atoms with van der Waals surface area (Å²) >= 11 is 0. The highest BCUT2D eigenvalue weighted by atomic mass is 19.1. The summed E-state index contributed by atoms with van der Waals surface area (Å²) < 4.78 is 12.8. The molecule has 0 unspecified atom stereocenters. The van der Waals surface area contributed by atoms with Gasteiger partial charge in [0.1, 0.15) is 5.82 Å². The van der Waals surface area contributed by atoms with Crippen LogP contribution in [0.2, 0.25) is 0 Å². The Hall–Kier alpha value is -2.80. The van der Waals surface area contributed by atoms with E-state index < -0.39 is 4.92 Å². The number of amides is 1. The first kappa shape index (κ1) is 16.6. The van der Waals surface area contributed by atoms with Crippen molar-refractivity contribution in [3.63, 3.8) is 0 Å². The highest BCUT2D eigenvalue weighted by Crippen LogP contribution is 2.19. The van der Waals surface area contributed by atoms with E-state index in [1.807, 2.05) is 0 Å². The summed E-state index contributed by atoms with van der Waals surface area (Å²) in [6.45, 7) is 0.331. The summed E-state index contributed by atoms with van der Waals surface area (Å²) in [5, 5.41) is 13.6. The smallest absolute Gasteiger partial charge is 0.273 e. The van der Waals surface area contributed by atoms with Gasteiger partial charge in [0.25, 0.3) is 5.69 Å². The number of likely N-dealkylation sites (N-methyl/N-ethyl adjacent to an activating group) is 1. The Morgan fingerprint density at radius 3 is 2.52 bits per heavy atom. The zero-order valence-corrected chi connectivity index (χ0v) is 12.5. The standard InChI is InChI=1S/C16H16FN3O3/c1-19(10-12-4-2-3-5-15(12)20(22)23)11-16(21)18-14-8-6-13(17)7-9-14/h2-9H,10-11H2,1H3,(H,18,21). The summed E-state index contributed by atoms with van der Waals surface area (Å²) in [7, 11) is 1.70. The van der Waals surface area contributed by atoms with Gasteiger partial charge in [-0.1, -0.05) is 18.2 Å². The average Bonchev–Trinajstić information content (AvgIpc) is 2.49. The first-order valence-electron chi connectivity index (χ1n) is 6.92. The molecule has 0 saturated heterocycles. The number of benzene rings is 2. The predicted octanol–water partition coefficient (Wildman–Crippen LogP) is 2.80. The Bertz CT molecular complexity index is 704. The summed E-state index contributed by atoms with van der Waals surface area (Å²) in [4.78, 5) is 24.1. The number of nitrogens with zero attached hydrogens (tertiary/aromatic N) is 2. The number of carbonyl (C=O) groups is 1. The quantitative estimate of drug-likeness (QED) is 0.656. The van der Waals surface area contributed by atoms with E-state index in [0.29, 0.717) is 11.3 Å². The maximum Gasteiger partial charge on any atom is 0.273 e. The third kappa shape index (κ3) is 4.86. The first-order valence-corrected chi connectivity index (χ1v) is 6.92. The summed E-state index contributed by atoms with van der Waals surface area (Å²) in [6, 6.07) is 11.9. The van der Waals surface area contributed by atoms with Gasteiger partial charge in [-0.2, -0.15) is 0 Å². The Kier molecular flexibility index (Phi) is 5.37. The molecule has 0 fully saturated rings. The molecule has 0 aliphatic rings. The molecule has 2 rings (SSSR count). The van der Waals surface area contributed by atoms with E-state index in [-0.39, 0.29) is 30.5 Å². The minimum absolute atomic E-state index is 0.0262. The van der Waals surface area contributed by atoms with E-state index in [2.05, 4.69) is 5.32 Å². The maximum absolute atomic E-state index is 12.8. The van der Waals surface area contributed by atoms with E-state index >= 15 is 0 Å². The monoisotopic (exact) mass is 317 g/mol. The Morgan fingerprint density at radius 1 is 1.22 bits per heavy atom. The van der Waals surface area contributed by atoms with Crippen LogP contribution >= 0.6 is 0 Å². The minimum Gasteiger partial charge on any atom is -0.325 e. The van der Waals surface area contributed by atoms with Gasteiger partial charge in [0.2, 0.25) is 5.91 Å². The van der Waals surface area contributed by atoms with Gasteiger partial charge in [-0.15, -0.1) is 0 Å². The van der Waals surface area contributed by atoms with Crippen LogP contribution in [0.4, 0.5) is 15.8 Å². The molecule has 1 amide bonds. The molecule has 2 aromatic rings. The number of carbonyl (C=O) groups excluding carboxylic acids is 1. The van der Waals surface area contributed by atoms with Gasteiger partial charge >= 0.3 is 0 Å². The fourth-order valence-electron chi connectivity index (χ4n) is 2.15. The summed E-state index contributed by atoms with van der Waals surface area (Å²) in [6.07, 6.45) is 0. The summed E-state index contributed by atoms with van der Waals surface area (Å²) in [5.41, 5.74) is 1.06. The zero-order valence-electron chi connectivity index (χ0n) is 12.5. The number of anilines is 1. The molecule has 0 aliphatic carbocycles. The number of para-hydroxylation sites is 1. The topological polar surface area (TPSA) is 75.5 Å². The van der Waals surface area contributed by atoms with Crippen LogP contribution in [0.5, 0.6) is 0 Å². The second-order valence-electron chi connectivity index (χ2n) is 5.11. The number of nitrogens with one attached hydrogen (secondary N) is 1. The molecule has 6 nitrogen and oxygen atoms in total. The van der Waals surface area contributed by atoms with E-state index in [1.54, 1.807) is 30.1 Å². The van der Waals surface area contributed by atoms with Crippen molar-refractivity contribution in [1.82, 2.24) is 4.90 Å². The molecule has 0 spiro atoms. The molecule has 0 aliphatic heterocycles. The molecule has 2 aromatic carbocycles. The number of hydrogen-bond donors (Lipinski definition) is 1. The third-order valence-electron chi connectivity index (χ3n) is 3.17. The highest BCUT2D eigenvalue weighted by molar-refractivity contribution is 5.92. The molecule has 7 heteroatoms. The van der Waals surface area contributed by atoms with Gasteiger partial charge in [-0.3, -0.25) is 19.8 Å². The second-order valence-corrected chi connectivity index (χ2v) is 5.11. The lowest BCUT2D eigenvalue weighted by Gasteiger charge is -2.16. The number of hydrogen-bond acceptors (Lipinski definition) is 4. The van der Waals surface area contributed by atoms with E-state index in [4.69, 9.17) is 0 Å². The van der Waals surface area contributed by atoms with Crippen LogP contribution in [-0.2, 0) is 11.3 Å². The van der Waals surface area contributed by atoms with E-state index in [9.17, 15) is 19.3 Å². The lowest BCUT2D eigenvalue weighted by atomic mass is 10.1. The number of nitro groups is 1. The van der Waals surface area contributed by atoms with Gasteiger partial charge < -0.3 is 5.32 Å². The number of nitro benzene ring substituents is 1. The van der Waals surface area contributed by atoms with Crippen LogP contribution in [0.25, 0.3) is 0 Å². The van der Waals surface area contributed by atoms with Crippen LogP contribution in [-0.4, -0.2) is 29.3 Å². The molecule has 0 saturated carbocycles. The highest BCUT2D eigenvalue weighted by Gasteiger charge is 2.15. The SMILES string of the molecule is CN(CC(=O)Nc1ccc(F)cc1)Cc1ccccc1[N+](=O)[O-]. The Balaban J connectivity index is 1.94. The normalized spacial score (nSPS) is 10.6. The van der Waals surface area contributed by atoms with Crippen LogP contribution in [0.15, 0.2) is 48.5 Å². The molecule has 120 valence electrons. The maximum atomic E-state index is 12.8. The van der Waals surface area contributed by atoms with E-state index in [1.165, 1.54) is 30.3 Å². The van der Waals surface area contributed by atoms with Gasteiger partial charge in [-0.25, -0.2) is 4.39 Å². The average molecular weight is 317 g/mol. The van der Waals surface area contributed by atoms with Crippen molar-refractivity contribution < 1.29 is 14.1 Å². The molecular weight excluding hydrogens is 301 g/mol. The van der Waals surface area contributed by atoms with Crippen molar-refractivity contribution >= 4 is 17.3 Å². The largest absolute Gasteiger partial charge is 0.325 e. The van der Waals surface area contributed by atoms with Gasteiger partial charge in [-0.05, 0) is 31.3 Å². The fraction of sp³-hybridized carbons (Fsp3) is 0.188. The van der Waals surface area contributed by atoms with Crippen molar-refractivity contribution in [2.75, 3.05) is 18.9 Å². The first-order chi connectivity index (χ1) is 11.0. The lowest BCUT2D eigenvalue weighted by Crippen LogP contribution is -2.30. The predicted molar refractivity (Wildman–Crippen MR) is 84.5 cm³/mol. The lowest BCUT2D eigenvalue weighted by molar-refractivity contribution is -0.385. The van der Waals surface area contributed by atoms with Crippen molar-refractivity contribution in [3.8, 4) is 0 Å². The molecule has 1 N–H and O–H groups in total. The molecule has 23 heavy (non-hydrogen) atoms. The second kappa shape index (κ2) is 7.46. The van der Waals surface area contributed by atoms with Gasteiger partial charge in [0.15, 0.2) is 0 Å². The number of rotatable bonds is 6. The van der Waals surface area contributed by atoms with Crippen LogP contribution in [0, 0.1) is 15.9 Å². The number of halogens is 1. The van der Waals surface area contributed by atoms with Crippen molar-refractivity contribution in [2.24, 2.45) is 0 Å². The van der Waals surface area contributed by atoms with Crippen molar-refractivity contribution in [3.05, 3.63) is 70.0 Å². The summed E-state index contributed by atoms with van der Waals surface area (Å²) in [5.74, 6) is -0.658. The van der Waals surface area contributed by atoms with Crippen LogP contribution in [0.3, 0.4) is 0 Å². The fourth-order valence-corrected chi connectivity index (χ4v) is 2.15. The molecule has 0 aromatic heterocycles. The van der Waals surface area contributed by atoms with E-state index in [0.717, 1.165) is 0 Å². The van der Waals surface area contributed by atoms with Gasteiger partial charge in [0, 0.05) is 23.9 Å². The third-order valence-corrected chi connectivity index (χ3v) is 3.17. The van der Waals surface area contributed by atoms with Crippen molar-refractivity contribution in [1.29, 1.82) is 0 Å². The molecule has 0 heterocycles. The molecule has 0 atom stereocenters. The Morgan fingerprint density at radius 2 is 1.87 bits per heavy atom. The van der Waals surface area contributed by atoms with Crippen LogP contribution in [0.1, 0.15) is 5.56 Å². The minimum atomic E-state index is -0.443. The molecule has 0 bridgehead atoms. The van der Waals surface area contributed by atoms with Crippen LogP contribution < -0.4 is 5.32 Å². The Labute approximate surface area is 132 Å². The molecular formula is C16H16FN3O3. The van der Waals surface area contributed by atoms with Gasteiger partial charge in [0.05, 0.1) is 11.5 Å².